The fourth-order valence-electron chi connectivity index (χ4n) is 6.20. The Hall–Kier alpha value is -4.12. The lowest BCUT2D eigenvalue weighted by atomic mass is 9.87. The second-order valence-electron chi connectivity index (χ2n) is 18.1. The molecular weight excluding hydrogens is 683 g/mol. The number of aryl methyl sites for hydroxylation is 1. The quantitative estimate of drug-likeness (QED) is 0.151. The first-order chi connectivity index (χ1) is 24.7. The Balaban J connectivity index is 0.000000136. The molecule has 2 nitrogen and oxygen atoms in total. The second-order valence-corrected chi connectivity index (χ2v) is 20.1. The van der Waals surface area contributed by atoms with Gasteiger partial charge in [0.05, 0.1) is 0 Å². The van der Waals surface area contributed by atoms with E-state index in [0.717, 1.165) is 11.3 Å². The first-order valence-electron chi connectivity index (χ1n) is 18.7. The highest BCUT2D eigenvalue weighted by Crippen LogP contribution is 2.35. The van der Waals surface area contributed by atoms with Crippen molar-refractivity contribution in [2.24, 2.45) is 7.05 Å². The highest BCUT2D eigenvalue weighted by molar-refractivity contribution is 7.19. The minimum atomic E-state index is 0.0962. The molecule has 4 heteroatoms. The lowest BCUT2D eigenvalue weighted by Crippen LogP contribution is -2.10. The standard InChI is InChI=1S/C13H17N.C12H14O.2C12H14S/c1-13(2,3)11-9-14(4)12-8-6-5-7-10(11)12;1-12(2,3)11-8-9-6-4-5-7-10(9)13-11;1-12(2,3)10-8-13-11-7-5-4-6-9(10)11;1-12(2,3)11-8-9-6-4-5-7-10(9)13-11/h5-9H,1-4H3;3*4-8H,1-3H3. The normalized spacial score (nSPS) is 12.2. The van der Waals surface area contributed by atoms with E-state index in [1.165, 1.54) is 52.5 Å². The van der Waals surface area contributed by atoms with Crippen LogP contribution in [0, 0.1) is 0 Å². The van der Waals surface area contributed by atoms with Gasteiger partial charge in [-0.2, -0.15) is 0 Å². The summed E-state index contributed by atoms with van der Waals surface area (Å²) in [7, 11) is 2.11. The Labute approximate surface area is 326 Å². The van der Waals surface area contributed by atoms with Gasteiger partial charge in [-0.15, -0.1) is 22.7 Å². The molecule has 0 atom stereocenters. The van der Waals surface area contributed by atoms with Crippen molar-refractivity contribution in [3.63, 3.8) is 0 Å². The molecule has 0 spiro atoms. The zero-order valence-corrected chi connectivity index (χ0v) is 35.9. The lowest BCUT2D eigenvalue weighted by Gasteiger charge is -2.17. The van der Waals surface area contributed by atoms with Gasteiger partial charge in [0.15, 0.2) is 0 Å². The smallest absolute Gasteiger partial charge is 0.134 e. The summed E-state index contributed by atoms with van der Waals surface area (Å²) in [6.45, 7) is 26.8. The van der Waals surface area contributed by atoms with Crippen molar-refractivity contribution in [1.29, 1.82) is 0 Å². The maximum Gasteiger partial charge on any atom is 0.134 e. The summed E-state index contributed by atoms with van der Waals surface area (Å²) in [5.41, 5.74) is 6.05. The van der Waals surface area contributed by atoms with E-state index in [-0.39, 0.29) is 21.7 Å². The fraction of sp³-hybridized carbons (Fsp3) is 0.347. The number of rotatable bonds is 0. The van der Waals surface area contributed by atoms with Crippen LogP contribution in [-0.4, -0.2) is 4.57 Å². The minimum absolute atomic E-state index is 0.0962. The monoisotopic (exact) mass is 741 g/mol. The van der Waals surface area contributed by atoms with Crippen LogP contribution in [0.1, 0.15) is 105 Å². The summed E-state index contributed by atoms with van der Waals surface area (Å²) < 4.78 is 10.7. The maximum absolute atomic E-state index is 5.73. The lowest BCUT2D eigenvalue weighted by molar-refractivity contribution is 0.430. The molecule has 278 valence electrons. The molecule has 0 bridgehead atoms. The molecule has 0 unspecified atom stereocenters. The van der Waals surface area contributed by atoms with Gasteiger partial charge >= 0.3 is 0 Å². The van der Waals surface area contributed by atoms with Crippen LogP contribution in [0.4, 0.5) is 0 Å². The van der Waals surface area contributed by atoms with E-state index < -0.39 is 0 Å². The maximum atomic E-state index is 5.73. The molecule has 4 aromatic heterocycles. The largest absolute Gasteiger partial charge is 0.461 e. The Morgan fingerprint density at radius 2 is 1.06 bits per heavy atom. The van der Waals surface area contributed by atoms with Crippen molar-refractivity contribution < 1.29 is 4.42 Å². The molecule has 0 saturated heterocycles. The van der Waals surface area contributed by atoms with Gasteiger partial charge < -0.3 is 8.98 Å². The second kappa shape index (κ2) is 15.7. The third-order valence-electron chi connectivity index (χ3n) is 9.32. The van der Waals surface area contributed by atoms with Gasteiger partial charge in [0, 0.05) is 49.2 Å². The number of hydrogen-bond acceptors (Lipinski definition) is 3. The molecule has 53 heavy (non-hydrogen) atoms. The van der Waals surface area contributed by atoms with E-state index in [2.05, 4.69) is 197 Å². The van der Waals surface area contributed by atoms with Crippen molar-refractivity contribution in [2.75, 3.05) is 0 Å². The number of thiophene rings is 2. The molecule has 0 amide bonds. The Kier molecular flexibility index (Phi) is 11.9. The average Bonchev–Trinajstić information content (AvgIpc) is 3.88. The van der Waals surface area contributed by atoms with Gasteiger partial charge in [0.25, 0.3) is 0 Å². The number of nitrogens with zero attached hydrogens (tertiary/aromatic N) is 1. The van der Waals surface area contributed by atoms with Crippen molar-refractivity contribution in [1.82, 2.24) is 4.57 Å². The number of hydrogen-bond donors (Lipinski definition) is 0. The van der Waals surface area contributed by atoms with Crippen molar-refractivity contribution in [2.45, 2.75) is 105 Å². The first-order valence-corrected chi connectivity index (χ1v) is 20.4. The third kappa shape index (κ3) is 9.90. The third-order valence-corrected chi connectivity index (χ3v) is 11.8. The summed E-state index contributed by atoms with van der Waals surface area (Å²) >= 11 is 3.75. The topological polar surface area (TPSA) is 18.1 Å². The molecule has 8 rings (SSSR count). The van der Waals surface area contributed by atoms with Crippen molar-refractivity contribution in [3.05, 3.63) is 143 Å². The average molecular weight is 742 g/mol. The molecule has 0 aliphatic carbocycles. The van der Waals surface area contributed by atoms with E-state index in [0.29, 0.717) is 0 Å². The Bertz CT molecular complexity index is 2240. The minimum Gasteiger partial charge on any atom is -0.461 e. The highest BCUT2D eigenvalue weighted by atomic mass is 32.1. The van der Waals surface area contributed by atoms with Crippen LogP contribution in [0.25, 0.3) is 42.0 Å². The first kappa shape index (κ1) is 40.1. The fourth-order valence-corrected chi connectivity index (χ4v) is 8.51. The SMILES string of the molecule is CC(C)(C)c1cc2ccccc2o1.CC(C)(C)c1cc2ccccc2s1.CC(C)(C)c1csc2ccccc12.Cn1cc(C(C)(C)C)c2ccccc21. The van der Waals surface area contributed by atoms with E-state index in [9.17, 15) is 0 Å². The van der Waals surface area contributed by atoms with Gasteiger partial charge in [-0.25, -0.2) is 0 Å². The van der Waals surface area contributed by atoms with Crippen LogP contribution in [0.2, 0.25) is 0 Å². The van der Waals surface area contributed by atoms with Crippen LogP contribution in [-0.2, 0) is 28.7 Å². The van der Waals surface area contributed by atoms with E-state index in [4.69, 9.17) is 4.42 Å². The molecule has 4 aromatic carbocycles. The molecule has 0 radical (unpaired) electrons. The van der Waals surface area contributed by atoms with Crippen LogP contribution in [0.15, 0.2) is 125 Å². The highest BCUT2D eigenvalue weighted by Gasteiger charge is 2.20. The van der Waals surface area contributed by atoms with Crippen LogP contribution in [0.5, 0.6) is 0 Å². The number of furan rings is 1. The van der Waals surface area contributed by atoms with Crippen molar-refractivity contribution >= 4 is 64.7 Å². The summed E-state index contributed by atoms with van der Waals surface area (Å²) in [5, 5.41) is 7.64. The summed E-state index contributed by atoms with van der Waals surface area (Å²) in [4.78, 5) is 1.47. The summed E-state index contributed by atoms with van der Waals surface area (Å²) in [6.07, 6.45) is 2.24. The molecule has 0 fully saturated rings. The number of para-hydroxylation sites is 2. The molecule has 8 aromatic rings. The van der Waals surface area contributed by atoms with Crippen LogP contribution in [0.3, 0.4) is 0 Å². The molecule has 0 saturated carbocycles. The number of aromatic nitrogens is 1. The van der Waals surface area contributed by atoms with E-state index in [1.54, 1.807) is 0 Å². The predicted molar refractivity (Wildman–Crippen MR) is 238 cm³/mol. The van der Waals surface area contributed by atoms with Crippen LogP contribution >= 0.6 is 22.7 Å². The van der Waals surface area contributed by atoms with Gasteiger partial charge in [-0.1, -0.05) is 156 Å². The molecule has 4 heterocycles. The summed E-state index contributed by atoms with van der Waals surface area (Å²) in [5.74, 6) is 1.05. The molecular formula is C49H59NOS2. The van der Waals surface area contributed by atoms with Gasteiger partial charge in [0.2, 0.25) is 0 Å². The number of fused-ring (bicyclic) bond motifs is 4. The zero-order valence-electron chi connectivity index (χ0n) is 34.2. The van der Waals surface area contributed by atoms with Crippen molar-refractivity contribution in [3.8, 4) is 0 Å². The Morgan fingerprint density at radius 1 is 0.509 bits per heavy atom. The zero-order chi connectivity index (χ0) is 38.8. The van der Waals surface area contributed by atoms with Gasteiger partial charge in [-0.3, -0.25) is 0 Å². The van der Waals surface area contributed by atoms with Gasteiger partial charge in [-0.05, 0) is 79.9 Å². The molecule has 0 N–H and O–H groups in total. The molecule has 0 aliphatic rings. The predicted octanol–water partition coefficient (Wildman–Crippen LogP) is 15.6. The number of benzene rings is 4. The van der Waals surface area contributed by atoms with Gasteiger partial charge in [0.1, 0.15) is 11.3 Å². The van der Waals surface area contributed by atoms with Crippen LogP contribution < -0.4 is 0 Å². The summed E-state index contributed by atoms with van der Waals surface area (Å²) in [6, 6.07) is 38.3. The van der Waals surface area contributed by atoms with E-state index in [1.807, 2.05) is 40.9 Å². The molecule has 0 aliphatic heterocycles. The Morgan fingerprint density at radius 3 is 1.64 bits per heavy atom. The van der Waals surface area contributed by atoms with E-state index >= 15 is 0 Å².